The third kappa shape index (κ3) is 1.62. The SMILES string of the molecule is NC([C]=O)CC1CC1. The molecule has 0 bridgehead atoms. The molecular formula is C6H10NO. The van der Waals surface area contributed by atoms with Crippen LogP contribution in [0.3, 0.4) is 0 Å². The first kappa shape index (κ1) is 5.76. The van der Waals surface area contributed by atoms with Crippen molar-refractivity contribution < 1.29 is 4.79 Å². The maximum absolute atomic E-state index is 9.82. The number of rotatable bonds is 3. The highest BCUT2D eigenvalue weighted by atomic mass is 16.1. The predicted octanol–water partition coefficient (Wildman–Crippen LogP) is 0.223. The molecule has 2 nitrogen and oxygen atoms in total. The topological polar surface area (TPSA) is 43.1 Å². The lowest BCUT2D eigenvalue weighted by atomic mass is 10.2. The van der Waals surface area contributed by atoms with Gasteiger partial charge in [0.15, 0.2) is 0 Å². The van der Waals surface area contributed by atoms with Crippen molar-refractivity contribution in [2.45, 2.75) is 25.3 Å². The van der Waals surface area contributed by atoms with Crippen LogP contribution in [0.2, 0.25) is 0 Å². The molecule has 1 saturated carbocycles. The molecule has 8 heavy (non-hydrogen) atoms. The number of hydrogen-bond acceptors (Lipinski definition) is 2. The molecule has 0 aromatic heterocycles. The lowest BCUT2D eigenvalue weighted by Crippen LogP contribution is -2.21. The summed E-state index contributed by atoms with van der Waals surface area (Å²) in [5.41, 5.74) is 5.29. The van der Waals surface area contributed by atoms with Gasteiger partial charge in [-0.15, -0.1) is 0 Å². The van der Waals surface area contributed by atoms with E-state index in [0.717, 1.165) is 12.3 Å². The van der Waals surface area contributed by atoms with Gasteiger partial charge in [0, 0.05) is 0 Å². The van der Waals surface area contributed by atoms with Crippen molar-refractivity contribution >= 4 is 6.29 Å². The summed E-state index contributed by atoms with van der Waals surface area (Å²) in [4.78, 5) is 9.82. The Morgan fingerprint density at radius 3 is 2.75 bits per heavy atom. The molecule has 45 valence electrons. The summed E-state index contributed by atoms with van der Waals surface area (Å²) in [6.07, 6.45) is 5.13. The van der Waals surface area contributed by atoms with Crippen molar-refractivity contribution in [3.05, 3.63) is 0 Å². The van der Waals surface area contributed by atoms with Crippen molar-refractivity contribution in [2.24, 2.45) is 11.7 Å². The second-order valence-corrected chi connectivity index (χ2v) is 2.40. The molecule has 2 heteroatoms. The average molecular weight is 112 g/mol. The number of nitrogens with two attached hydrogens (primary N) is 1. The van der Waals surface area contributed by atoms with Gasteiger partial charge in [0.05, 0.1) is 6.04 Å². The fourth-order valence-corrected chi connectivity index (χ4v) is 0.761. The van der Waals surface area contributed by atoms with Gasteiger partial charge < -0.3 is 5.73 Å². The van der Waals surface area contributed by atoms with E-state index in [-0.39, 0.29) is 6.04 Å². The third-order valence-electron chi connectivity index (χ3n) is 1.44. The molecule has 1 fully saturated rings. The van der Waals surface area contributed by atoms with Gasteiger partial charge in [-0.2, -0.15) is 0 Å². The van der Waals surface area contributed by atoms with Crippen LogP contribution >= 0.6 is 0 Å². The second kappa shape index (κ2) is 2.27. The average Bonchev–Trinajstić information content (AvgIpc) is 2.50. The molecule has 1 aliphatic rings. The van der Waals surface area contributed by atoms with Gasteiger partial charge in [-0.05, 0) is 12.3 Å². The van der Waals surface area contributed by atoms with Crippen LogP contribution in [0.4, 0.5) is 0 Å². The standard InChI is InChI=1S/C6H10NO/c7-6(4-8)3-5-1-2-5/h5-6H,1-3,7H2. The molecule has 0 spiro atoms. The van der Waals surface area contributed by atoms with Crippen LogP contribution in [0.5, 0.6) is 0 Å². The molecule has 2 N–H and O–H groups in total. The minimum atomic E-state index is -0.317. The van der Waals surface area contributed by atoms with E-state index in [0.29, 0.717) is 0 Å². The van der Waals surface area contributed by atoms with Gasteiger partial charge in [0.2, 0.25) is 6.29 Å². The monoisotopic (exact) mass is 112 g/mol. The minimum Gasteiger partial charge on any atom is -0.321 e. The van der Waals surface area contributed by atoms with Crippen LogP contribution in [-0.4, -0.2) is 12.3 Å². The molecule has 1 aliphatic carbocycles. The Labute approximate surface area is 49.1 Å². The summed E-state index contributed by atoms with van der Waals surface area (Å²) in [5, 5.41) is 0. The van der Waals surface area contributed by atoms with Gasteiger partial charge in [-0.25, -0.2) is 0 Å². The Hall–Kier alpha value is -0.370. The van der Waals surface area contributed by atoms with Gasteiger partial charge in [-0.1, -0.05) is 12.8 Å². The minimum absolute atomic E-state index is 0.317. The van der Waals surface area contributed by atoms with Crippen LogP contribution in [0, 0.1) is 5.92 Å². The van der Waals surface area contributed by atoms with E-state index in [4.69, 9.17) is 5.73 Å². The van der Waals surface area contributed by atoms with Crippen LogP contribution < -0.4 is 5.73 Å². The zero-order valence-electron chi connectivity index (χ0n) is 4.76. The summed E-state index contributed by atoms with van der Waals surface area (Å²) < 4.78 is 0. The van der Waals surface area contributed by atoms with Crippen LogP contribution in [-0.2, 0) is 4.79 Å². The highest BCUT2D eigenvalue weighted by Gasteiger charge is 2.23. The summed E-state index contributed by atoms with van der Waals surface area (Å²) in [5.74, 6) is 0.742. The first-order valence-electron chi connectivity index (χ1n) is 2.96. The molecular weight excluding hydrogens is 102 g/mol. The molecule has 0 aromatic rings. The lowest BCUT2D eigenvalue weighted by molar-refractivity contribution is 0.529. The number of hydrogen-bond donors (Lipinski definition) is 1. The second-order valence-electron chi connectivity index (χ2n) is 2.40. The Morgan fingerprint density at radius 2 is 2.38 bits per heavy atom. The largest absolute Gasteiger partial charge is 0.321 e. The summed E-state index contributed by atoms with van der Waals surface area (Å²) in [6.45, 7) is 0. The van der Waals surface area contributed by atoms with Crippen LogP contribution in [0.1, 0.15) is 19.3 Å². The van der Waals surface area contributed by atoms with E-state index >= 15 is 0 Å². The molecule has 0 aromatic carbocycles. The van der Waals surface area contributed by atoms with Crippen LogP contribution in [0.25, 0.3) is 0 Å². The summed E-state index contributed by atoms with van der Waals surface area (Å²) in [6, 6.07) is -0.317. The molecule has 0 heterocycles. The highest BCUT2D eigenvalue weighted by Crippen LogP contribution is 2.32. The summed E-state index contributed by atoms with van der Waals surface area (Å²) >= 11 is 0. The zero-order chi connectivity index (χ0) is 5.98. The summed E-state index contributed by atoms with van der Waals surface area (Å²) in [7, 11) is 0. The van der Waals surface area contributed by atoms with E-state index in [1.807, 2.05) is 0 Å². The maximum Gasteiger partial charge on any atom is 0.216 e. The van der Waals surface area contributed by atoms with Gasteiger partial charge >= 0.3 is 0 Å². The predicted molar refractivity (Wildman–Crippen MR) is 31.0 cm³/mol. The van der Waals surface area contributed by atoms with E-state index in [1.165, 1.54) is 12.8 Å². The fourth-order valence-electron chi connectivity index (χ4n) is 0.761. The Morgan fingerprint density at radius 1 is 1.75 bits per heavy atom. The van der Waals surface area contributed by atoms with Crippen LogP contribution in [0.15, 0.2) is 0 Å². The third-order valence-corrected chi connectivity index (χ3v) is 1.44. The highest BCUT2D eigenvalue weighted by molar-refractivity contribution is 5.57. The van der Waals surface area contributed by atoms with E-state index in [2.05, 4.69) is 0 Å². The van der Waals surface area contributed by atoms with Crippen molar-refractivity contribution in [1.82, 2.24) is 0 Å². The molecule has 1 rings (SSSR count). The Kier molecular flexibility index (Phi) is 1.63. The normalized spacial score (nSPS) is 22.6. The maximum atomic E-state index is 9.82. The molecule has 0 saturated heterocycles. The Bertz CT molecular complexity index is 88.5. The van der Waals surface area contributed by atoms with Gasteiger partial charge in [0.1, 0.15) is 0 Å². The smallest absolute Gasteiger partial charge is 0.216 e. The lowest BCUT2D eigenvalue weighted by Gasteiger charge is -1.96. The molecule has 1 radical (unpaired) electrons. The van der Waals surface area contributed by atoms with E-state index < -0.39 is 0 Å². The zero-order valence-corrected chi connectivity index (χ0v) is 4.76. The van der Waals surface area contributed by atoms with Gasteiger partial charge in [-0.3, -0.25) is 4.79 Å². The Balaban J connectivity index is 2.06. The molecule has 1 atom stereocenters. The van der Waals surface area contributed by atoms with Crippen molar-refractivity contribution in [2.75, 3.05) is 0 Å². The van der Waals surface area contributed by atoms with E-state index in [1.54, 1.807) is 6.29 Å². The molecule has 0 aliphatic heterocycles. The first-order valence-corrected chi connectivity index (χ1v) is 2.96. The molecule has 1 unspecified atom stereocenters. The quantitative estimate of drug-likeness (QED) is 0.567. The van der Waals surface area contributed by atoms with Crippen molar-refractivity contribution in [3.63, 3.8) is 0 Å². The van der Waals surface area contributed by atoms with E-state index in [9.17, 15) is 4.79 Å². The number of carbonyl (C=O) groups excluding carboxylic acids is 1. The first-order chi connectivity index (χ1) is 3.83. The van der Waals surface area contributed by atoms with Crippen molar-refractivity contribution in [1.29, 1.82) is 0 Å². The fraction of sp³-hybridized carbons (Fsp3) is 0.833. The molecule has 0 amide bonds. The van der Waals surface area contributed by atoms with Gasteiger partial charge in [0.25, 0.3) is 0 Å². The van der Waals surface area contributed by atoms with Crippen molar-refractivity contribution in [3.8, 4) is 0 Å².